The van der Waals surface area contributed by atoms with Gasteiger partial charge in [0.2, 0.25) is 0 Å². The molecule has 0 heterocycles. The van der Waals surface area contributed by atoms with Gasteiger partial charge in [-0.05, 0) is 87.6 Å². The van der Waals surface area contributed by atoms with Crippen LogP contribution in [0, 0.1) is 0 Å². The van der Waals surface area contributed by atoms with E-state index in [-0.39, 0.29) is 11.9 Å². The van der Waals surface area contributed by atoms with Crippen LogP contribution in [0.15, 0.2) is 70.9 Å². The highest BCUT2D eigenvalue weighted by atomic mass is 16.5. The summed E-state index contributed by atoms with van der Waals surface area (Å²) in [6.07, 6.45) is 10.7. The van der Waals surface area contributed by atoms with Crippen LogP contribution in [0.1, 0.15) is 88.4 Å². The minimum Gasteiger partial charge on any atom is -0.494 e. The van der Waals surface area contributed by atoms with Crippen molar-refractivity contribution in [3.8, 4) is 5.75 Å². The Morgan fingerprint density at radius 1 is 0.684 bits per heavy atom. The summed E-state index contributed by atoms with van der Waals surface area (Å²) < 4.78 is 16.2. The van der Waals surface area contributed by atoms with Crippen LogP contribution in [-0.4, -0.2) is 31.8 Å². The van der Waals surface area contributed by atoms with Crippen molar-refractivity contribution in [1.29, 1.82) is 0 Å². The summed E-state index contributed by atoms with van der Waals surface area (Å²) in [7, 11) is 0. The fourth-order valence-corrected chi connectivity index (χ4v) is 3.56. The van der Waals surface area contributed by atoms with E-state index in [1.165, 1.54) is 25.7 Å². The van der Waals surface area contributed by atoms with Crippen LogP contribution in [0.25, 0.3) is 0 Å². The van der Waals surface area contributed by atoms with Crippen molar-refractivity contribution in [2.45, 2.75) is 78.1 Å². The number of esters is 2. The molecule has 0 fully saturated rings. The standard InChI is InChI=1S/C31H42N2O5/c1-4-5-6-7-8-12-24-38-31(35)26-14-16-27(17-15-26)32-33-28-18-20-29(21-19-28)36-22-11-9-10-13-23-37-30(34)25(2)3/h14-21H,2,4-13,22-24H2,1,3H3. The lowest BCUT2D eigenvalue weighted by Crippen LogP contribution is -2.06. The third kappa shape index (κ3) is 13.2. The smallest absolute Gasteiger partial charge is 0.338 e. The fourth-order valence-electron chi connectivity index (χ4n) is 3.56. The first-order chi connectivity index (χ1) is 18.5. The van der Waals surface area contributed by atoms with Gasteiger partial charge in [-0.15, -0.1) is 0 Å². The van der Waals surface area contributed by atoms with Crippen molar-refractivity contribution in [3.05, 3.63) is 66.2 Å². The molecule has 0 aliphatic carbocycles. The van der Waals surface area contributed by atoms with Crippen LogP contribution in [-0.2, 0) is 14.3 Å². The summed E-state index contributed by atoms with van der Waals surface area (Å²) in [5.41, 5.74) is 2.32. The number of carbonyl (C=O) groups is 2. The maximum Gasteiger partial charge on any atom is 0.338 e. The highest BCUT2D eigenvalue weighted by molar-refractivity contribution is 5.89. The van der Waals surface area contributed by atoms with Gasteiger partial charge < -0.3 is 14.2 Å². The second kappa shape index (κ2) is 18.7. The third-order valence-electron chi connectivity index (χ3n) is 5.84. The monoisotopic (exact) mass is 522 g/mol. The van der Waals surface area contributed by atoms with E-state index in [1.54, 1.807) is 31.2 Å². The molecule has 2 rings (SSSR count). The number of hydrogen-bond acceptors (Lipinski definition) is 7. The molecule has 206 valence electrons. The summed E-state index contributed by atoms with van der Waals surface area (Å²) in [5.74, 6) is 0.148. The predicted octanol–water partition coefficient (Wildman–Crippen LogP) is 8.68. The summed E-state index contributed by atoms with van der Waals surface area (Å²) in [6.45, 7) is 8.92. The van der Waals surface area contributed by atoms with E-state index in [4.69, 9.17) is 14.2 Å². The largest absolute Gasteiger partial charge is 0.494 e. The van der Waals surface area contributed by atoms with Crippen LogP contribution < -0.4 is 4.74 Å². The van der Waals surface area contributed by atoms with Gasteiger partial charge in [-0.2, -0.15) is 10.2 Å². The van der Waals surface area contributed by atoms with E-state index in [9.17, 15) is 9.59 Å². The van der Waals surface area contributed by atoms with Crippen LogP contribution in [0.5, 0.6) is 5.75 Å². The average Bonchev–Trinajstić information content (AvgIpc) is 2.93. The van der Waals surface area contributed by atoms with Crippen LogP contribution in [0.2, 0.25) is 0 Å². The zero-order valence-electron chi connectivity index (χ0n) is 23.0. The normalized spacial score (nSPS) is 10.9. The number of hydrogen-bond donors (Lipinski definition) is 0. The average molecular weight is 523 g/mol. The maximum absolute atomic E-state index is 12.2. The first-order valence-corrected chi connectivity index (χ1v) is 13.7. The maximum atomic E-state index is 12.2. The van der Waals surface area contributed by atoms with Crippen LogP contribution in [0.3, 0.4) is 0 Å². The molecule has 0 aromatic heterocycles. The van der Waals surface area contributed by atoms with Gasteiger partial charge in [0.05, 0.1) is 36.8 Å². The summed E-state index contributed by atoms with van der Waals surface area (Å²) in [4.78, 5) is 23.5. The molecule has 2 aromatic carbocycles. The number of unbranched alkanes of at least 4 members (excludes halogenated alkanes) is 8. The van der Waals surface area contributed by atoms with Crippen LogP contribution >= 0.6 is 0 Å². The number of rotatable bonds is 19. The minimum atomic E-state index is -0.329. The Bertz CT molecular complexity index is 1000. The van der Waals surface area contributed by atoms with E-state index in [0.717, 1.165) is 44.3 Å². The Balaban J connectivity index is 1.62. The van der Waals surface area contributed by atoms with Gasteiger partial charge in [-0.25, -0.2) is 9.59 Å². The van der Waals surface area contributed by atoms with Gasteiger partial charge in [0.1, 0.15) is 5.75 Å². The molecule has 0 bridgehead atoms. The van der Waals surface area contributed by atoms with Crippen molar-refractivity contribution in [2.24, 2.45) is 10.2 Å². The molecular weight excluding hydrogens is 480 g/mol. The quantitative estimate of drug-likeness (QED) is 0.0797. The molecular formula is C31H42N2O5. The molecule has 0 atom stereocenters. The molecule has 7 heteroatoms. The number of ether oxygens (including phenoxy) is 3. The summed E-state index contributed by atoms with van der Waals surface area (Å²) in [5, 5.41) is 8.50. The van der Waals surface area contributed by atoms with Gasteiger partial charge in [-0.1, -0.05) is 45.6 Å². The third-order valence-corrected chi connectivity index (χ3v) is 5.84. The second-order valence-electron chi connectivity index (χ2n) is 9.32. The van der Waals surface area contributed by atoms with Crippen molar-refractivity contribution >= 4 is 23.3 Å². The summed E-state index contributed by atoms with van der Waals surface area (Å²) in [6, 6.07) is 14.4. The minimum absolute atomic E-state index is 0.304. The molecule has 0 aliphatic rings. The molecule has 0 radical (unpaired) electrons. The van der Waals surface area contributed by atoms with E-state index in [1.807, 2.05) is 24.3 Å². The molecule has 0 amide bonds. The Morgan fingerprint density at radius 2 is 1.18 bits per heavy atom. The Kier molecular flexibility index (Phi) is 15.1. The predicted molar refractivity (Wildman–Crippen MR) is 150 cm³/mol. The molecule has 0 N–H and O–H groups in total. The molecule has 0 saturated carbocycles. The molecule has 2 aromatic rings. The lowest BCUT2D eigenvalue weighted by Gasteiger charge is -2.07. The SMILES string of the molecule is C=C(C)C(=O)OCCCCCCOc1ccc(N=Nc2ccc(C(=O)OCCCCCCCC)cc2)cc1. The second-order valence-corrected chi connectivity index (χ2v) is 9.32. The van der Waals surface area contributed by atoms with Crippen molar-refractivity contribution in [2.75, 3.05) is 19.8 Å². The van der Waals surface area contributed by atoms with Crippen LogP contribution in [0.4, 0.5) is 11.4 Å². The zero-order chi connectivity index (χ0) is 27.4. The van der Waals surface area contributed by atoms with Gasteiger partial charge in [0.25, 0.3) is 0 Å². The Labute approximate surface area is 227 Å². The number of carbonyl (C=O) groups excluding carboxylic acids is 2. The highest BCUT2D eigenvalue weighted by Gasteiger charge is 2.07. The Hall–Kier alpha value is -3.48. The molecule has 0 unspecified atom stereocenters. The van der Waals surface area contributed by atoms with Gasteiger partial charge >= 0.3 is 11.9 Å². The lowest BCUT2D eigenvalue weighted by molar-refractivity contribution is -0.139. The molecule has 0 aliphatic heterocycles. The topological polar surface area (TPSA) is 86.5 Å². The highest BCUT2D eigenvalue weighted by Crippen LogP contribution is 2.22. The lowest BCUT2D eigenvalue weighted by atomic mass is 10.1. The van der Waals surface area contributed by atoms with Crippen molar-refractivity contribution < 1.29 is 23.8 Å². The van der Waals surface area contributed by atoms with E-state index in [2.05, 4.69) is 23.7 Å². The number of nitrogens with zero attached hydrogens (tertiary/aromatic N) is 2. The number of azo groups is 1. The van der Waals surface area contributed by atoms with E-state index < -0.39 is 0 Å². The molecule has 0 saturated heterocycles. The van der Waals surface area contributed by atoms with Gasteiger partial charge in [0, 0.05) is 5.57 Å². The van der Waals surface area contributed by atoms with E-state index in [0.29, 0.717) is 42.3 Å². The van der Waals surface area contributed by atoms with Crippen molar-refractivity contribution in [3.63, 3.8) is 0 Å². The van der Waals surface area contributed by atoms with Crippen molar-refractivity contribution in [1.82, 2.24) is 0 Å². The molecule has 0 spiro atoms. The molecule has 38 heavy (non-hydrogen) atoms. The summed E-state index contributed by atoms with van der Waals surface area (Å²) >= 11 is 0. The molecule has 7 nitrogen and oxygen atoms in total. The zero-order valence-corrected chi connectivity index (χ0v) is 23.0. The van der Waals surface area contributed by atoms with Gasteiger partial charge in [0.15, 0.2) is 0 Å². The number of benzene rings is 2. The first-order valence-electron chi connectivity index (χ1n) is 13.7. The van der Waals surface area contributed by atoms with E-state index >= 15 is 0 Å². The van der Waals surface area contributed by atoms with Gasteiger partial charge in [-0.3, -0.25) is 0 Å². The Morgan fingerprint density at radius 3 is 1.76 bits per heavy atom. The first kappa shape index (κ1) is 30.7. The fraction of sp³-hybridized carbons (Fsp3) is 0.484.